The van der Waals surface area contributed by atoms with E-state index in [-0.39, 0.29) is 11.7 Å². The molecule has 2 aliphatic rings. The van der Waals surface area contributed by atoms with Gasteiger partial charge in [0.15, 0.2) is 0 Å². The van der Waals surface area contributed by atoms with Crippen LogP contribution in [0.3, 0.4) is 0 Å². The Morgan fingerprint density at radius 3 is 2.50 bits per heavy atom. The third kappa shape index (κ3) is 4.47. The summed E-state index contributed by atoms with van der Waals surface area (Å²) in [6.07, 6.45) is 7.69. The standard InChI is InChI=1S/C27H30FN3O/c28-23-13-11-21(12-14-23)18-31-25-19-30(26(32)17-20-7-3-1-4-8-20)16-15-24(25)27(29-31)22-9-5-2-6-10-22/h2,5-6,9-14,20H,1,3-4,7-8,15-19H2. The van der Waals surface area contributed by atoms with Crippen LogP contribution in [0.2, 0.25) is 0 Å². The van der Waals surface area contributed by atoms with Gasteiger partial charge in [-0.15, -0.1) is 0 Å². The summed E-state index contributed by atoms with van der Waals surface area (Å²) in [6, 6.07) is 16.8. The van der Waals surface area contributed by atoms with Gasteiger partial charge in [-0.25, -0.2) is 4.39 Å². The van der Waals surface area contributed by atoms with Gasteiger partial charge < -0.3 is 4.90 Å². The number of amides is 1. The summed E-state index contributed by atoms with van der Waals surface area (Å²) in [4.78, 5) is 15.1. The number of aromatic nitrogens is 2. The van der Waals surface area contributed by atoms with E-state index in [4.69, 9.17) is 5.10 Å². The second kappa shape index (κ2) is 9.27. The van der Waals surface area contributed by atoms with Gasteiger partial charge in [-0.05, 0) is 42.9 Å². The predicted octanol–water partition coefficient (Wildman–Crippen LogP) is 5.59. The zero-order valence-electron chi connectivity index (χ0n) is 18.5. The fraction of sp³-hybridized carbons (Fsp3) is 0.407. The zero-order chi connectivity index (χ0) is 21.9. The fourth-order valence-corrected chi connectivity index (χ4v) is 5.18. The summed E-state index contributed by atoms with van der Waals surface area (Å²) in [5.41, 5.74) is 5.45. The SMILES string of the molecule is O=C(CC1CCCCC1)N1CCc2c(-c3ccccc3)nn(Cc3ccc(F)cc3)c2C1. The Morgan fingerprint density at radius 2 is 1.75 bits per heavy atom. The number of benzene rings is 2. The molecular weight excluding hydrogens is 401 g/mol. The van der Waals surface area contributed by atoms with Gasteiger partial charge in [0, 0.05) is 24.1 Å². The van der Waals surface area contributed by atoms with Crippen LogP contribution in [-0.2, 0) is 24.3 Å². The molecule has 1 aliphatic carbocycles. The Balaban J connectivity index is 1.42. The van der Waals surface area contributed by atoms with E-state index >= 15 is 0 Å². The Hall–Kier alpha value is -2.95. The highest BCUT2D eigenvalue weighted by molar-refractivity contribution is 5.77. The molecule has 0 radical (unpaired) electrons. The van der Waals surface area contributed by atoms with Crippen molar-refractivity contribution in [1.82, 2.24) is 14.7 Å². The monoisotopic (exact) mass is 431 g/mol. The average Bonchev–Trinajstić information content (AvgIpc) is 3.19. The van der Waals surface area contributed by atoms with Crippen molar-refractivity contribution in [2.45, 2.75) is 58.0 Å². The molecule has 1 amide bonds. The number of rotatable bonds is 5. The van der Waals surface area contributed by atoms with Crippen LogP contribution in [0.1, 0.15) is 55.3 Å². The van der Waals surface area contributed by atoms with Crippen LogP contribution in [0.4, 0.5) is 4.39 Å². The van der Waals surface area contributed by atoms with Crippen molar-refractivity contribution >= 4 is 5.91 Å². The summed E-state index contributed by atoms with van der Waals surface area (Å²) < 4.78 is 15.4. The van der Waals surface area contributed by atoms with Crippen LogP contribution >= 0.6 is 0 Å². The van der Waals surface area contributed by atoms with Crippen LogP contribution < -0.4 is 0 Å². The van der Waals surface area contributed by atoms with Crippen molar-refractivity contribution in [3.63, 3.8) is 0 Å². The smallest absolute Gasteiger partial charge is 0.223 e. The molecule has 4 nitrogen and oxygen atoms in total. The van der Waals surface area contributed by atoms with E-state index in [1.165, 1.54) is 49.8 Å². The maximum absolute atomic E-state index is 13.4. The third-order valence-corrected chi connectivity index (χ3v) is 6.97. The van der Waals surface area contributed by atoms with Crippen LogP contribution in [0.15, 0.2) is 54.6 Å². The summed E-state index contributed by atoms with van der Waals surface area (Å²) in [7, 11) is 0. The van der Waals surface area contributed by atoms with Crippen molar-refractivity contribution in [2.75, 3.05) is 6.54 Å². The molecular formula is C27H30FN3O. The van der Waals surface area contributed by atoms with Gasteiger partial charge in [0.2, 0.25) is 5.91 Å². The molecule has 1 aliphatic heterocycles. The molecule has 0 N–H and O–H groups in total. The second-order valence-corrected chi connectivity index (χ2v) is 9.20. The number of fused-ring (bicyclic) bond motifs is 1. The van der Waals surface area contributed by atoms with Crippen LogP contribution in [0, 0.1) is 11.7 Å². The molecule has 0 spiro atoms. The number of carbonyl (C=O) groups is 1. The Labute approximate surface area is 189 Å². The number of hydrogen-bond acceptors (Lipinski definition) is 2. The third-order valence-electron chi connectivity index (χ3n) is 6.97. The lowest BCUT2D eigenvalue weighted by molar-refractivity contribution is -0.133. The van der Waals surface area contributed by atoms with E-state index < -0.39 is 0 Å². The first-order chi connectivity index (χ1) is 15.7. The zero-order valence-corrected chi connectivity index (χ0v) is 18.5. The summed E-state index contributed by atoms with van der Waals surface area (Å²) >= 11 is 0. The fourth-order valence-electron chi connectivity index (χ4n) is 5.18. The minimum atomic E-state index is -0.235. The minimum Gasteiger partial charge on any atom is -0.336 e. The first kappa shape index (κ1) is 20.9. The molecule has 1 fully saturated rings. The number of nitrogens with zero attached hydrogens (tertiary/aromatic N) is 3. The molecule has 0 atom stereocenters. The maximum atomic E-state index is 13.4. The number of halogens is 1. The van der Waals surface area contributed by atoms with E-state index in [0.717, 1.165) is 35.5 Å². The van der Waals surface area contributed by atoms with Gasteiger partial charge in [-0.2, -0.15) is 5.10 Å². The van der Waals surface area contributed by atoms with Gasteiger partial charge in [0.25, 0.3) is 0 Å². The molecule has 32 heavy (non-hydrogen) atoms. The largest absolute Gasteiger partial charge is 0.336 e. The Morgan fingerprint density at radius 1 is 1.00 bits per heavy atom. The second-order valence-electron chi connectivity index (χ2n) is 9.20. The lowest BCUT2D eigenvalue weighted by atomic mass is 9.86. The molecule has 3 aromatic rings. The van der Waals surface area contributed by atoms with Gasteiger partial charge in [0.05, 0.1) is 24.5 Å². The first-order valence-corrected chi connectivity index (χ1v) is 11.8. The van der Waals surface area contributed by atoms with Crippen molar-refractivity contribution in [1.29, 1.82) is 0 Å². The lowest BCUT2D eigenvalue weighted by Crippen LogP contribution is -2.37. The number of hydrogen-bond donors (Lipinski definition) is 0. The highest BCUT2D eigenvalue weighted by atomic mass is 19.1. The first-order valence-electron chi connectivity index (χ1n) is 11.8. The molecule has 1 saturated carbocycles. The van der Waals surface area contributed by atoms with Crippen molar-refractivity contribution < 1.29 is 9.18 Å². The van der Waals surface area contributed by atoms with Crippen LogP contribution in [0.5, 0.6) is 0 Å². The molecule has 2 heterocycles. The van der Waals surface area contributed by atoms with Crippen molar-refractivity contribution in [3.05, 3.63) is 77.2 Å². The topological polar surface area (TPSA) is 38.1 Å². The molecule has 0 saturated heterocycles. The predicted molar refractivity (Wildman–Crippen MR) is 123 cm³/mol. The summed E-state index contributed by atoms with van der Waals surface area (Å²) in [6.45, 7) is 1.92. The molecule has 5 heteroatoms. The lowest BCUT2D eigenvalue weighted by Gasteiger charge is -2.30. The summed E-state index contributed by atoms with van der Waals surface area (Å²) in [5, 5.41) is 4.97. The van der Waals surface area contributed by atoms with E-state index in [1.807, 2.05) is 27.8 Å². The highest BCUT2D eigenvalue weighted by Crippen LogP contribution is 2.32. The molecule has 0 bridgehead atoms. The molecule has 2 aromatic carbocycles. The van der Waals surface area contributed by atoms with E-state index in [0.29, 0.717) is 25.4 Å². The van der Waals surface area contributed by atoms with Crippen molar-refractivity contribution in [3.8, 4) is 11.3 Å². The Bertz CT molecular complexity index is 1070. The Kier molecular flexibility index (Phi) is 6.06. The van der Waals surface area contributed by atoms with E-state index in [9.17, 15) is 9.18 Å². The van der Waals surface area contributed by atoms with Gasteiger partial charge in [0.1, 0.15) is 5.82 Å². The molecule has 1 aromatic heterocycles. The van der Waals surface area contributed by atoms with Gasteiger partial charge in [-0.3, -0.25) is 9.48 Å². The average molecular weight is 432 g/mol. The van der Waals surface area contributed by atoms with Gasteiger partial charge in [-0.1, -0.05) is 61.7 Å². The minimum absolute atomic E-state index is 0.235. The number of carbonyl (C=O) groups excluding carboxylic acids is 1. The quantitative estimate of drug-likeness (QED) is 0.528. The van der Waals surface area contributed by atoms with E-state index in [1.54, 1.807) is 12.1 Å². The molecule has 0 unspecified atom stereocenters. The maximum Gasteiger partial charge on any atom is 0.223 e. The molecule has 5 rings (SSSR count). The van der Waals surface area contributed by atoms with Gasteiger partial charge >= 0.3 is 0 Å². The highest BCUT2D eigenvalue weighted by Gasteiger charge is 2.29. The normalized spacial score (nSPS) is 16.7. The molecule has 166 valence electrons. The summed E-state index contributed by atoms with van der Waals surface area (Å²) in [5.74, 6) is 0.584. The van der Waals surface area contributed by atoms with Crippen LogP contribution in [0.25, 0.3) is 11.3 Å². The van der Waals surface area contributed by atoms with Crippen molar-refractivity contribution in [2.24, 2.45) is 5.92 Å². The van der Waals surface area contributed by atoms with E-state index in [2.05, 4.69) is 12.1 Å². The van der Waals surface area contributed by atoms with Crippen LogP contribution in [-0.4, -0.2) is 27.1 Å².